The lowest BCUT2D eigenvalue weighted by molar-refractivity contribution is -0.140. The lowest BCUT2D eigenvalue weighted by Crippen LogP contribution is -2.46. The highest BCUT2D eigenvalue weighted by atomic mass is 16.4. The summed E-state index contributed by atoms with van der Waals surface area (Å²) in [6.07, 6.45) is 5.05. The van der Waals surface area contributed by atoms with Gasteiger partial charge in [0, 0.05) is 32.1 Å². The zero-order valence-corrected chi connectivity index (χ0v) is 14.0. The van der Waals surface area contributed by atoms with Crippen LogP contribution in [0.3, 0.4) is 0 Å². The van der Waals surface area contributed by atoms with Gasteiger partial charge >= 0.3 is 5.97 Å². The number of fused-ring (bicyclic) bond motifs is 1. The second-order valence-electron chi connectivity index (χ2n) is 7.34. The molecule has 7 heteroatoms. The number of nitrogens with zero attached hydrogens (tertiary/aromatic N) is 2. The lowest BCUT2D eigenvalue weighted by Gasteiger charge is -2.35. The first-order valence-electron chi connectivity index (χ1n) is 8.89. The van der Waals surface area contributed by atoms with E-state index in [-0.39, 0.29) is 35.5 Å². The van der Waals surface area contributed by atoms with Crippen molar-refractivity contribution in [1.82, 2.24) is 9.80 Å². The molecular formula is C18H22N2O5. The number of hydrogen-bond acceptors (Lipinski definition) is 4. The van der Waals surface area contributed by atoms with E-state index in [0.717, 1.165) is 6.42 Å². The van der Waals surface area contributed by atoms with E-state index in [0.29, 0.717) is 44.6 Å². The van der Waals surface area contributed by atoms with Gasteiger partial charge in [0.05, 0.1) is 17.7 Å². The van der Waals surface area contributed by atoms with Crippen molar-refractivity contribution in [1.29, 1.82) is 0 Å². The summed E-state index contributed by atoms with van der Waals surface area (Å²) in [5, 5.41) is 9.17. The van der Waals surface area contributed by atoms with E-state index in [9.17, 15) is 14.4 Å². The van der Waals surface area contributed by atoms with Crippen molar-refractivity contribution >= 4 is 17.8 Å². The van der Waals surface area contributed by atoms with Crippen LogP contribution in [-0.4, -0.2) is 58.9 Å². The van der Waals surface area contributed by atoms with Crippen LogP contribution in [-0.2, 0) is 9.59 Å². The molecule has 1 saturated carbocycles. The SMILES string of the molecule is O=C(O)[C@@H]1[C@@H]2CCN(C(=O)C3CCN(C(=O)c4ccoc4)CC3)C[C@@H]21. The molecule has 2 aliphatic heterocycles. The standard InChI is InChI=1S/C18H22N2O5/c21-16(20-7-3-13-14(9-20)15(13)18(23)24)11-1-5-19(6-2-11)17(22)12-4-8-25-10-12/h4,8,10-11,13-15H,1-3,5-7,9H2,(H,23,24)/t13-,14+,15-/m1/s1. The van der Waals surface area contributed by atoms with Crippen molar-refractivity contribution in [2.45, 2.75) is 19.3 Å². The zero-order chi connectivity index (χ0) is 17.6. The molecule has 25 heavy (non-hydrogen) atoms. The molecule has 1 aromatic heterocycles. The van der Waals surface area contributed by atoms with Crippen LogP contribution in [0.15, 0.2) is 23.0 Å². The van der Waals surface area contributed by atoms with Crippen molar-refractivity contribution < 1.29 is 23.9 Å². The number of hydrogen-bond donors (Lipinski definition) is 1. The molecule has 2 amide bonds. The normalized spacial score (nSPS) is 29.2. The van der Waals surface area contributed by atoms with Crippen molar-refractivity contribution in [2.24, 2.45) is 23.7 Å². The maximum atomic E-state index is 12.8. The van der Waals surface area contributed by atoms with Gasteiger partial charge in [-0.1, -0.05) is 0 Å². The number of piperidine rings is 2. The van der Waals surface area contributed by atoms with Crippen LogP contribution in [0.4, 0.5) is 0 Å². The van der Waals surface area contributed by atoms with Crippen LogP contribution in [0, 0.1) is 23.7 Å². The Bertz CT molecular complexity index is 678. The topological polar surface area (TPSA) is 91.1 Å². The van der Waals surface area contributed by atoms with Gasteiger partial charge < -0.3 is 19.3 Å². The molecule has 3 fully saturated rings. The Morgan fingerprint density at radius 3 is 2.40 bits per heavy atom. The highest BCUT2D eigenvalue weighted by molar-refractivity contribution is 5.94. The maximum Gasteiger partial charge on any atom is 0.307 e. The highest BCUT2D eigenvalue weighted by Crippen LogP contribution is 2.51. The zero-order valence-electron chi connectivity index (χ0n) is 14.0. The molecule has 1 aliphatic carbocycles. The summed E-state index contributed by atoms with van der Waals surface area (Å²) in [4.78, 5) is 39.8. The van der Waals surface area contributed by atoms with Gasteiger partial charge in [0.1, 0.15) is 6.26 Å². The van der Waals surface area contributed by atoms with Crippen LogP contribution < -0.4 is 0 Å². The highest BCUT2D eigenvalue weighted by Gasteiger charge is 2.57. The molecular weight excluding hydrogens is 324 g/mol. The molecule has 3 heterocycles. The summed E-state index contributed by atoms with van der Waals surface area (Å²) in [5.74, 6) is -0.573. The van der Waals surface area contributed by atoms with E-state index < -0.39 is 5.97 Å². The van der Waals surface area contributed by atoms with E-state index >= 15 is 0 Å². The van der Waals surface area contributed by atoms with Crippen LogP contribution in [0.5, 0.6) is 0 Å². The Morgan fingerprint density at radius 2 is 1.76 bits per heavy atom. The minimum absolute atomic E-state index is 0.0530. The molecule has 0 spiro atoms. The molecule has 4 rings (SSSR count). The van der Waals surface area contributed by atoms with Gasteiger partial charge in [-0.25, -0.2) is 0 Å². The van der Waals surface area contributed by atoms with E-state index in [4.69, 9.17) is 9.52 Å². The third-order valence-corrected chi connectivity index (χ3v) is 5.99. The van der Waals surface area contributed by atoms with Crippen molar-refractivity contribution in [3.63, 3.8) is 0 Å². The first kappa shape index (κ1) is 16.2. The minimum Gasteiger partial charge on any atom is -0.481 e. The van der Waals surface area contributed by atoms with Crippen molar-refractivity contribution in [2.75, 3.05) is 26.2 Å². The molecule has 0 radical (unpaired) electrons. The summed E-state index contributed by atoms with van der Waals surface area (Å²) in [7, 11) is 0. The fourth-order valence-electron chi connectivity index (χ4n) is 4.46. The number of carboxylic acids is 1. The molecule has 1 aromatic rings. The number of rotatable bonds is 3. The van der Waals surface area contributed by atoms with E-state index in [1.807, 2.05) is 4.90 Å². The smallest absolute Gasteiger partial charge is 0.307 e. The van der Waals surface area contributed by atoms with E-state index in [1.165, 1.54) is 12.5 Å². The number of amides is 2. The summed E-state index contributed by atoms with van der Waals surface area (Å²) in [6, 6.07) is 1.65. The number of furan rings is 1. The average molecular weight is 346 g/mol. The van der Waals surface area contributed by atoms with Gasteiger partial charge in [0.25, 0.3) is 5.91 Å². The van der Waals surface area contributed by atoms with E-state index in [1.54, 1.807) is 11.0 Å². The first-order valence-corrected chi connectivity index (χ1v) is 8.89. The second kappa shape index (κ2) is 6.20. The van der Waals surface area contributed by atoms with Gasteiger partial charge in [0.15, 0.2) is 0 Å². The summed E-state index contributed by atoms with van der Waals surface area (Å²) in [5.41, 5.74) is 0.542. The Balaban J connectivity index is 1.30. The van der Waals surface area contributed by atoms with Gasteiger partial charge in [-0.05, 0) is 37.2 Å². The Labute approximate surface area is 145 Å². The van der Waals surface area contributed by atoms with Gasteiger partial charge in [-0.2, -0.15) is 0 Å². The molecule has 0 unspecified atom stereocenters. The van der Waals surface area contributed by atoms with Crippen LogP contribution in [0.1, 0.15) is 29.6 Å². The molecule has 0 bridgehead atoms. The Hall–Kier alpha value is -2.31. The molecule has 3 aliphatic rings. The first-order chi connectivity index (χ1) is 12.1. The maximum absolute atomic E-state index is 12.8. The molecule has 134 valence electrons. The fourth-order valence-corrected chi connectivity index (χ4v) is 4.46. The average Bonchev–Trinajstić information content (AvgIpc) is 3.09. The largest absolute Gasteiger partial charge is 0.481 e. The number of carboxylic acid groups (broad SMARTS) is 1. The lowest BCUT2D eigenvalue weighted by atomic mass is 9.94. The predicted octanol–water partition coefficient (Wildman–Crippen LogP) is 1.31. The van der Waals surface area contributed by atoms with E-state index in [2.05, 4.69) is 0 Å². The second-order valence-corrected chi connectivity index (χ2v) is 7.34. The predicted molar refractivity (Wildman–Crippen MR) is 86.6 cm³/mol. The Kier molecular flexibility index (Phi) is 4.01. The van der Waals surface area contributed by atoms with Crippen LogP contribution >= 0.6 is 0 Å². The number of carbonyl (C=O) groups is 3. The number of carbonyl (C=O) groups excluding carboxylic acids is 2. The van der Waals surface area contributed by atoms with Crippen LogP contribution in [0.25, 0.3) is 0 Å². The van der Waals surface area contributed by atoms with Crippen LogP contribution in [0.2, 0.25) is 0 Å². The van der Waals surface area contributed by atoms with Crippen molar-refractivity contribution in [3.8, 4) is 0 Å². The molecule has 3 atom stereocenters. The fraction of sp³-hybridized carbons (Fsp3) is 0.611. The summed E-state index contributed by atoms with van der Waals surface area (Å²) >= 11 is 0. The monoisotopic (exact) mass is 346 g/mol. The van der Waals surface area contributed by atoms with Gasteiger partial charge in [-0.15, -0.1) is 0 Å². The molecule has 7 nitrogen and oxygen atoms in total. The molecule has 2 saturated heterocycles. The third kappa shape index (κ3) is 2.92. The minimum atomic E-state index is -0.727. The summed E-state index contributed by atoms with van der Waals surface area (Å²) in [6.45, 7) is 2.38. The summed E-state index contributed by atoms with van der Waals surface area (Å²) < 4.78 is 4.95. The number of aliphatic carboxylic acids is 1. The third-order valence-electron chi connectivity index (χ3n) is 5.99. The molecule has 1 N–H and O–H groups in total. The number of likely N-dealkylation sites (tertiary alicyclic amines) is 2. The quantitative estimate of drug-likeness (QED) is 0.891. The van der Waals surface area contributed by atoms with Crippen molar-refractivity contribution in [3.05, 3.63) is 24.2 Å². The molecule has 0 aromatic carbocycles. The van der Waals surface area contributed by atoms with Gasteiger partial charge in [-0.3, -0.25) is 14.4 Å². The van der Waals surface area contributed by atoms with Gasteiger partial charge in [0.2, 0.25) is 5.91 Å². The Morgan fingerprint density at radius 1 is 1.04 bits per heavy atom.